The first-order valence-electron chi connectivity index (χ1n) is 11.2. The van der Waals surface area contributed by atoms with Gasteiger partial charge in [0.15, 0.2) is 17.8 Å². The molecule has 0 spiro atoms. The van der Waals surface area contributed by atoms with Crippen LogP contribution in [0.5, 0.6) is 0 Å². The van der Waals surface area contributed by atoms with E-state index in [0.29, 0.717) is 6.42 Å². The van der Waals surface area contributed by atoms with Gasteiger partial charge in [-0.1, -0.05) is 84.0 Å². The molecule has 0 saturated carbocycles. The van der Waals surface area contributed by atoms with Gasteiger partial charge in [0.05, 0.1) is 0 Å². The molecule has 0 amide bonds. The lowest BCUT2D eigenvalue weighted by molar-refractivity contribution is -0.154. The van der Waals surface area contributed by atoms with Crippen molar-refractivity contribution in [2.75, 3.05) is 13.6 Å². The maximum Gasteiger partial charge on any atom is 0.326 e. The average molecular weight is 434 g/mol. The third kappa shape index (κ3) is 18.5. The Bertz CT molecular complexity index is 447. The second-order valence-corrected chi connectivity index (χ2v) is 7.83. The van der Waals surface area contributed by atoms with E-state index in [1.165, 1.54) is 82.6 Å². The molecule has 0 aromatic heterocycles. The summed E-state index contributed by atoms with van der Waals surface area (Å²) in [6.07, 6.45) is 16.2. The number of halogens is 1. The first-order valence-corrected chi connectivity index (χ1v) is 11.2. The van der Waals surface area contributed by atoms with E-state index in [2.05, 4.69) is 6.92 Å². The van der Waals surface area contributed by atoms with Gasteiger partial charge in [0.25, 0.3) is 0 Å². The molecule has 0 radical (unpaired) electrons. The van der Waals surface area contributed by atoms with Gasteiger partial charge in [0.2, 0.25) is 0 Å². The zero-order valence-electron chi connectivity index (χ0n) is 18.8. The minimum Gasteiger partial charge on any atom is -0.453 e. The lowest BCUT2D eigenvalue weighted by Gasteiger charge is -2.17. The summed E-state index contributed by atoms with van der Waals surface area (Å²) >= 11 is 0. The molecular formula is C22H44ClN3O3. The second kappa shape index (κ2) is 20.0. The molecule has 0 heterocycles. The van der Waals surface area contributed by atoms with Crippen LogP contribution in [0, 0.1) is 5.41 Å². The van der Waals surface area contributed by atoms with E-state index in [-0.39, 0.29) is 30.7 Å². The van der Waals surface area contributed by atoms with Gasteiger partial charge in [-0.25, -0.2) is 0 Å². The van der Waals surface area contributed by atoms with E-state index in [1.807, 2.05) is 0 Å². The van der Waals surface area contributed by atoms with Gasteiger partial charge in [-0.2, -0.15) is 0 Å². The van der Waals surface area contributed by atoms with Crippen molar-refractivity contribution in [1.29, 1.82) is 5.41 Å². The Hall–Kier alpha value is -1.30. The number of ketones is 1. The van der Waals surface area contributed by atoms with Crippen LogP contribution in [0.25, 0.3) is 0 Å². The quantitative estimate of drug-likeness (QED) is 0.134. The van der Waals surface area contributed by atoms with Crippen LogP contribution in [0.3, 0.4) is 0 Å². The molecule has 0 rings (SSSR count). The highest BCUT2D eigenvalue weighted by Crippen LogP contribution is 2.13. The van der Waals surface area contributed by atoms with Gasteiger partial charge in [0, 0.05) is 13.5 Å². The number of nitrogens with one attached hydrogen (secondary N) is 1. The monoisotopic (exact) mass is 433 g/mol. The summed E-state index contributed by atoms with van der Waals surface area (Å²) in [5.74, 6) is -0.784. The summed E-state index contributed by atoms with van der Waals surface area (Å²) in [4.78, 5) is 25.0. The molecular weight excluding hydrogens is 390 g/mol. The van der Waals surface area contributed by atoms with Crippen LogP contribution in [0.2, 0.25) is 0 Å². The maximum absolute atomic E-state index is 12.0. The van der Waals surface area contributed by atoms with Crippen molar-refractivity contribution >= 4 is 30.1 Å². The fourth-order valence-corrected chi connectivity index (χ4v) is 3.10. The topological polar surface area (TPSA) is 96.5 Å². The number of ether oxygens (including phenoxy) is 1. The number of esters is 1. The number of carbonyl (C=O) groups excluding carboxylic acids is 2. The summed E-state index contributed by atoms with van der Waals surface area (Å²) in [6.45, 7) is 3.74. The number of nitrogens with zero attached hydrogens (tertiary/aromatic N) is 1. The Balaban J connectivity index is 0. The van der Waals surface area contributed by atoms with Crippen molar-refractivity contribution in [2.24, 2.45) is 5.73 Å². The summed E-state index contributed by atoms with van der Waals surface area (Å²) in [7, 11) is 1.53. The molecule has 0 saturated heterocycles. The first-order chi connectivity index (χ1) is 13.4. The van der Waals surface area contributed by atoms with Crippen molar-refractivity contribution in [3.8, 4) is 0 Å². The molecule has 172 valence electrons. The molecule has 0 bridgehead atoms. The zero-order chi connectivity index (χ0) is 21.2. The first kappa shape index (κ1) is 29.9. The predicted molar refractivity (Wildman–Crippen MR) is 123 cm³/mol. The summed E-state index contributed by atoms with van der Waals surface area (Å²) < 4.78 is 5.11. The van der Waals surface area contributed by atoms with Gasteiger partial charge in [-0.15, -0.1) is 12.4 Å². The Kier molecular flexibility index (Phi) is 20.6. The van der Waals surface area contributed by atoms with Crippen LogP contribution in [-0.2, 0) is 14.3 Å². The molecule has 1 atom stereocenters. The highest BCUT2D eigenvalue weighted by atomic mass is 35.5. The van der Waals surface area contributed by atoms with Crippen LogP contribution >= 0.6 is 12.4 Å². The predicted octanol–water partition coefficient (Wildman–Crippen LogP) is 5.22. The fraction of sp³-hybridized carbons (Fsp3) is 0.864. The molecule has 6 nitrogen and oxygen atoms in total. The van der Waals surface area contributed by atoms with Crippen molar-refractivity contribution in [1.82, 2.24) is 4.90 Å². The maximum atomic E-state index is 12.0. The normalized spacial score (nSPS) is 11.4. The summed E-state index contributed by atoms with van der Waals surface area (Å²) in [5.41, 5.74) is 5.27. The van der Waals surface area contributed by atoms with E-state index in [0.717, 1.165) is 12.8 Å². The van der Waals surface area contributed by atoms with Crippen LogP contribution in [0.1, 0.15) is 104 Å². The zero-order valence-corrected chi connectivity index (χ0v) is 19.7. The molecule has 0 aliphatic carbocycles. The molecule has 1 unspecified atom stereocenters. The number of Topliss-reactive ketones (excluding diaryl/α,β-unsaturated/α-hetero) is 1. The highest BCUT2D eigenvalue weighted by molar-refractivity contribution is 5.86. The largest absolute Gasteiger partial charge is 0.453 e. The standard InChI is InChI=1S/C22H43N3O3.ClH/c1-4-5-6-7-8-9-10-11-12-13-14-15-16-17-20(26)19(2)28-21(27)18-25(3)22(23)24;/h19H,4-18H2,1-3H3,(H3,23,24);1H. The molecule has 0 aromatic rings. The molecule has 3 N–H and O–H groups in total. The lowest BCUT2D eigenvalue weighted by Crippen LogP contribution is -2.38. The number of hydrogen-bond acceptors (Lipinski definition) is 4. The number of hydrogen-bond donors (Lipinski definition) is 2. The van der Waals surface area contributed by atoms with Crippen LogP contribution < -0.4 is 5.73 Å². The second-order valence-electron chi connectivity index (χ2n) is 7.83. The van der Waals surface area contributed by atoms with Gasteiger partial charge >= 0.3 is 5.97 Å². The third-order valence-corrected chi connectivity index (χ3v) is 5.07. The highest BCUT2D eigenvalue weighted by Gasteiger charge is 2.18. The molecule has 0 aliphatic rings. The number of likely N-dealkylation sites (N-methyl/N-ethyl adjacent to an activating group) is 1. The van der Waals surface area contributed by atoms with E-state index in [9.17, 15) is 9.59 Å². The Morgan fingerprint density at radius 3 is 1.72 bits per heavy atom. The van der Waals surface area contributed by atoms with E-state index >= 15 is 0 Å². The third-order valence-electron chi connectivity index (χ3n) is 5.07. The average Bonchev–Trinajstić information content (AvgIpc) is 2.64. The van der Waals surface area contributed by atoms with E-state index < -0.39 is 12.1 Å². The molecule has 0 aromatic carbocycles. The molecule has 0 fully saturated rings. The van der Waals surface area contributed by atoms with Crippen molar-refractivity contribution < 1.29 is 14.3 Å². The minimum atomic E-state index is -0.731. The Labute approximate surface area is 184 Å². The van der Waals surface area contributed by atoms with Crippen LogP contribution in [0.15, 0.2) is 0 Å². The van der Waals surface area contributed by atoms with Crippen molar-refractivity contribution in [3.63, 3.8) is 0 Å². The summed E-state index contributed by atoms with van der Waals surface area (Å²) in [5, 5.41) is 7.21. The van der Waals surface area contributed by atoms with Gasteiger partial charge in [0.1, 0.15) is 6.54 Å². The van der Waals surface area contributed by atoms with Crippen molar-refractivity contribution in [3.05, 3.63) is 0 Å². The number of guanidine groups is 1. The smallest absolute Gasteiger partial charge is 0.326 e. The number of rotatable bonds is 18. The van der Waals surface area contributed by atoms with Gasteiger partial charge < -0.3 is 15.4 Å². The van der Waals surface area contributed by atoms with E-state index in [4.69, 9.17) is 15.9 Å². The Morgan fingerprint density at radius 2 is 1.31 bits per heavy atom. The Morgan fingerprint density at radius 1 is 0.897 bits per heavy atom. The van der Waals surface area contributed by atoms with Crippen LogP contribution in [0.4, 0.5) is 0 Å². The van der Waals surface area contributed by atoms with Crippen molar-refractivity contribution in [2.45, 2.75) is 110 Å². The number of carbonyl (C=O) groups is 2. The molecule has 29 heavy (non-hydrogen) atoms. The van der Waals surface area contributed by atoms with Crippen LogP contribution in [-0.4, -0.2) is 42.3 Å². The number of unbranched alkanes of at least 4 members (excludes halogenated alkanes) is 12. The number of nitrogens with two attached hydrogens (primary N) is 1. The van der Waals surface area contributed by atoms with Gasteiger partial charge in [-0.05, 0) is 13.3 Å². The van der Waals surface area contributed by atoms with E-state index in [1.54, 1.807) is 6.92 Å². The molecule has 7 heteroatoms. The minimum absolute atomic E-state index is 0. The lowest BCUT2D eigenvalue weighted by atomic mass is 10.0. The SMILES string of the molecule is CCCCCCCCCCCCCCCC(=O)C(C)OC(=O)CN(C)C(=N)N.Cl. The van der Waals surface area contributed by atoms with Gasteiger partial charge in [-0.3, -0.25) is 15.0 Å². The summed E-state index contributed by atoms with van der Waals surface area (Å²) in [6, 6.07) is 0. The fourth-order valence-electron chi connectivity index (χ4n) is 3.10. The molecule has 0 aliphatic heterocycles.